The standard InChI is InChI=1S/C7H6NO/c1-2-4-7-6(3-1)5-8-9-7/h1-2,4,8H,5H2. The van der Waals surface area contributed by atoms with E-state index in [1.54, 1.807) is 0 Å². The molecule has 1 aliphatic rings. The number of benzene rings is 1. The molecule has 2 heteroatoms. The Morgan fingerprint density at radius 2 is 2.67 bits per heavy atom. The van der Waals surface area contributed by atoms with E-state index in [1.807, 2.05) is 18.2 Å². The van der Waals surface area contributed by atoms with Crippen LogP contribution >= 0.6 is 0 Å². The zero-order valence-corrected chi connectivity index (χ0v) is 4.85. The van der Waals surface area contributed by atoms with Crippen molar-refractivity contribution in [1.29, 1.82) is 0 Å². The summed E-state index contributed by atoms with van der Waals surface area (Å²) < 4.78 is 0. The fourth-order valence-corrected chi connectivity index (χ4v) is 0.876. The van der Waals surface area contributed by atoms with Crippen LogP contribution in [0, 0.1) is 6.07 Å². The molecule has 1 radical (unpaired) electrons. The topological polar surface area (TPSA) is 21.3 Å². The van der Waals surface area contributed by atoms with Crippen molar-refractivity contribution in [3.63, 3.8) is 0 Å². The van der Waals surface area contributed by atoms with E-state index < -0.39 is 0 Å². The number of rotatable bonds is 0. The Kier molecular flexibility index (Phi) is 0.932. The summed E-state index contributed by atoms with van der Waals surface area (Å²) in [5.41, 5.74) is 3.87. The maximum atomic E-state index is 5.02. The van der Waals surface area contributed by atoms with Crippen LogP contribution in [-0.4, -0.2) is 0 Å². The number of fused-ring (bicyclic) bond motifs is 1. The molecule has 1 aliphatic heterocycles. The van der Waals surface area contributed by atoms with E-state index >= 15 is 0 Å². The predicted molar refractivity (Wildman–Crippen MR) is 32.7 cm³/mol. The predicted octanol–water partition coefficient (Wildman–Crippen LogP) is 0.884. The van der Waals surface area contributed by atoms with Crippen LogP contribution in [0.5, 0.6) is 5.75 Å². The lowest BCUT2D eigenvalue weighted by Crippen LogP contribution is -2.07. The van der Waals surface area contributed by atoms with Gasteiger partial charge in [0.25, 0.3) is 0 Å². The molecule has 0 bridgehead atoms. The van der Waals surface area contributed by atoms with Crippen molar-refractivity contribution in [2.24, 2.45) is 0 Å². The van der Waals surface area contributed by atoms with E-state index in [-0.39, 0.29) is 0 Å². The van der Waals surface area contributed by atoms with Gasteiger partial charge >= 0.3 is 0 Å². The maximum absolute atomic E-state index is 5.02. The summed E-state index contributed by atoms with van der Waals surface area (Å²) >= 11 is 0. The average molecular weight is 120 g/mol. The van der Waals surface area contributed by atoms with Crippen molar-refractivity contribution in [2.75, 3.05) is 0 Å². The summed E-state index contributed by atoms with van der Waals surface area (Å²) in [6.45, 7) is 0.774. The number of hydroxylamine groups is 1. The van der Waals surface area contributed by atoms with Crippen molar-refractivity contribution in [3.05, 3.63) is 29.8 Å². The molecule has 2 nitrogen and oxygen atoms in total. The van der Waals surface area contributed by atoms with Crippen LogP contribution in [0.25, 0.3) is 0 Å². The first-order valence-electron chi connectivity index (χ1n) is 2.86. The van der Waals surface area contributed by atoms with E-state index in [0.29, 0.717) is 0 Å². The lowest BCUT2D eigenvalue weighted by atomic mass is 10.2. The van der Waals surface area contributed by atoms with Crippen molar-refractivity contribution >= 4 is 0 Å². The summed E-state index contributed by atoms with van der Waals surface area (Å²) in [5, 5.41) is 0. The van der Waals surface area contributed by atoms with Crippen LogP contribution < -0.4 is 10.3 Å². The first kappa shape index (κ1) is 4.82. The van der Waals surface area contributed by atoms with Gasteiger partial charge < -0.3 is 4.84 Å². The molecule has 0 spiro atoms. The molecular formula is C7H6NO. The van der Waals surface area contributed by atoms with Crippen molar-refractivity contribution < 1.29 is 4.84 Å². The number of hydrogen-bond donors (Lipinski definition) is 1. The third-order valence-electron chi connectivity index (χ3n) is 1.33. The monoisotopic (exact) mass is 120 g/mol. The fraction of sp³-hybridized carbons (Fsp3) is 0.143. The molecule has 1 aromatic rings. The molecule has 0 aliphatic carbocycles. The Bertz CT molecular complexity index is 199. The Morgan fingerprint density at radius 3 is 3.56 bits per heavy atom. The lowest BCUT2D eigenvalue weighted by Gasteiger charge is -1.91. The molecule has 1 aromatic carbocycles. The number of hydrogen-bond acceptors (Lipinski definition) is 2. The van der Waals surface area contributed by atoms with Crippen molar-refractivity contribution in [2.45, 2.75) is 6.54 Å². The van der Waals surface area contributed by atoms with E-state index in [1.165, 1.54) is 0 Å². The van der Waals surface area contributed by atoms with Gasteiger partial charge in [0.1, 0.15) is 0 Å². The van der Waals surface area contributed by atoms with Crippen LogP contribution in [0.1, 0.15) is 5.56 Å². The second kappa shape index (κ2) is 1.74. The van der Waals surface area contributed by atoms with Gasteiger partial charge in [0.05, 0.1) is 6.54 Å². The summed E-state index contributed by atoms with van der Waals surface area (Å²) in [5.74, 6) is 0.900. The van der Waals surface area contributed by atoms with Crippen LogP contribution in [0.15, 0.2) is 18.2 Å². The molecule has 0 unspecified atom stereocenters. The highest BCUT2D eigenvalue weighted by molar-refractivity contribution is 5.33. The largest absolute Gasteiger partial charge is 0.408 e. The van der Waals surface area contributed by atoms with Gasteiger partial charge in [0.15, 0.2) is 5.75 Å². The zero-order chi connectivity index (χ0) is 6.10. The Balaban J connectivity index is 2.54. The van der Waals surface area contributed by atoms with E-state index in [9.17, 15) is 0 Å². The Morgan fingerprint density at radius 1 is 1.67 bits per heavy atom. The average Bonchev–Trinajstić information content (AvgIpc) is 2.33. The third-order valence-corrected chi connectivity index (χ3v) is 1.33. The second-order valence-corrected chi connectivity index (χ2v) is 1.94. The van der Waals surface area contributed by atoms with Gasteiger partial charge in [-0.1, -0.05) is 12.1 Å². The molecule has 1 N–H and O–H groups in total. The van der Waals surface area contributed by atoms with Crippen LogP contribution in [0.3, 0.4) is 0 Å². The molecule has 0 fully saturated rings. The van der Waals surface area contributed by atoms with E-state index in [4.69, 9.17) is 4.84 Å². The quantitative estimate of drug-likeness (QED) is 0.548. The Hall–Kier alpha value is -1.02. The third kappa shape index (κ3) is 0.678. The summed E-state index contributed by atoms with van der Waals surface area (Å²) in [6.07, 6.45) is 0. The van der Waals surface area contributed by atoms with Crippen LogP contribution in [-0.2, 0) is 6.54 Å². The van der Waals surface area contributed by atoms with Gasteiger partial charge in [-0.05, 0) is 12.1 Å². The van der Waals surface area contributed by atoms with Gasteiger partial charge in [-0.2, -0.15) is 5.48 Å². The highest BCUT2D eigenvalue weighted by atomic mass is 16.7. The number of nitrogens with one attached hydrogen (secondary N) is 1. The highest BCUT2D eigenvalue weighted by Gasteiger charge is 2.08. The fourth-order valence-electron chi connectivity index (χ4n) is 0.876. The first-order valence-corrected chi connectivity index (χ1v) is 2.86. The van der Waals surface area contributed by atoms with Gasteiger partial charge in [0.2, 0.25) is 0 Å². The molecule has 0 aromatic heterocycles. The van der Waals surface area contributed by atoms with E-state index in [2.05, 4.69) is 11.5 Å². The lowest BCUT2D eigenvalue weighted by molar-refractivity contribution is 0.224. The summed E-state index contributed by atoms with van der Waals surface area (Å²) in [7, 11) is 0. The molecule has 1 heterocycles. The molecule has 0 amide bonds. The van der Waals surface area contributed by atoms with Gasteiger partial charge in [-0.3, -0.25) is 0 Å². The molecule has 0 atom stereocenters. The van der Waals surface area contributed by atoms with E-state index in [0.717, 1.165) is 17.9 Å². The Labute approximate surface area is 53.4 Å². The van der Waals surface area contributed by atoms with Gasteiger partial charge in [0, 0.05) is 5.56 Å². The highest BCUT2D eigenvalue weighted by Crippen LogP contribution is 2.19. The molecule has 9 heavy (non-hydrogen) atoms. The molecule has 2 rings (SSSR count). The molecular weight excluding hydrogens is 114 g/mol. The SMILES string of the molecule is [c]1cccc2c1CNO2. The smallest absolute Gasteiger partial charge is 0.152 e. The molecule has 0 saturated carbocycles. The molecule has 0 saturated heterocycles. The maximum Gasteiger partial charge on any atom is 0.152 e. The van der Waals surface area contributed by atoms with Gasteiger partial charge in [-0.25, -0.2) is 0 Å². The first-order chi connectivity index (χ1) is 4.47. The summed E-state index contributed by atoms with van der Waals surface area (Å²) in [6, 6.07) is 8.78. The second-order valence-electron chi connectivity index (χ2n) is 1.94. The van der Waals surface area contributed by atoms with Gasteiger partial charge in [-0.15, -0.1) is 0 Å². The minimum absolute atomic E-state index is 0.774. The summed E-state index contributed by atoms with van der Waals surface area (Å²) in [4.78, 5) is 5.02. The minimum atomic E-state index is 0.774. The van der Waals surface area contributed by atoms with Crippen LogP contribution in [0.4, 0.5) is 0 Å². The van der Waals surface area contributed by atoms with Crippen molar-refractivity contribution in [3.8, 4) is 5.75 Å². The zero-order valence-electron chi connectivity index (χ0n) is 4.85. The van der Waals surface area contributed by atoms with Crippen LogP contribution in [0.2, 0.25) is 0 Å². The molecule has 45 valence electrons. The minimum Gasteiger partial charge on any atom is -0.408 e. The van der Waals surface area contributed by atoms with Crippen molar-refractivity contribution in [1.82, 2.24) is 5.48 Å². The normalized spacial score (nSPS) is 14.7.